The minimum atomic E-state index is -0.521. The van der Waals surface area contributed by atoms with Crippen molar-refractivity contribution in [3.63, 3.8) is 0 Å². The second kappa shape index (κ2) is 4.11. The van der Waals surface area contributed by atoms with Crippen LogP contribution < -0.4 is 0 Å². The highest BCUT2D eigenvalue weighted by Gasteiger charge is 2.66. The molecule has 3 rings (SSSR count). The summed E-state index contributed by atoms with van der Waals surface area (Å²) in [5.74, 6) is 11.3. The van der Waals surface area contributed by atoms with Crippen molar-refractivity contribution in [1.82, 2.24) is 0 Å². The molecule has 0 unspecified atom stereocenters. The van der Waals surface area contributed by atoms with Crippen molar-refractivity contribution in [1.29, 1.82) is 0 Å². The van der Waals surface area contributed by atoms with Crippen molar-refractivity contribution >= 4 is 0 Å². The number of fused-ring (bicyclic) bond motifs is 2. The normalized spacial score (nSPS) is 39.7. The van der Waals surface area contributed by atoms with Crippen LogP contribution in [0.5, 0.6) is 0 Å². The summed E-state index contributed by atoms with van der Waals surface area (Å²) in [6.07, 6.45) is 5.03. The van der Waals surface area contributed by atoms with Crippen molar-refractivity contribution in [2.24, 2.45) is 0 Å². The maximum Gasteiger partial charge on any atom is 0.239 e. The largest absolute Gasteiger partial charge is 0.460 e. The first kappa shape index (κ1) is 10.7. The minimum absolute atomic E-state index is 0.0528. The van der Waals surface area contributed by atoms with Gasteiger partial charge in [-0.05, 0) is 31.6 Å². The maximum atomic E-state index is 5.90. The van der Waals surface area contributed by atoms with E-state index < -0.39 is 5.79 Å². The van der Waals surface area contributed by atoms with E-state index in [4.69, 9.17) is 14.2 Å². The molecule has 3 atom stereocenters. The zero-order valence-electron chi connectivity index (χ0n) is 9.79. The number of hydrogen-bond acceptors (Lipinski definition) is 3. The van der Waals surface area contributed by atoms with Gasteiger partial charge in [0.2, 0.25) is 5.79 Å². The fraction of sp³-hybridized carbons (Fsp3) is 0.571. The summed E-state index contributed by atoms with van der Waals surface area (Å²) in [4.78, 5) is 0. The van der Waals surface area contributed by atoms with Gasteiger partial charge in [-0.3, -0.25) is 0 Å². The molecule has 3 aliphatic heterocycles. The summed E-state index contributed by atoms with van der Waals surface area (Å²) in [6, 6.07) is 0. The average molecular weight is 230 g/mol. The number of ether oxygens (including phenoxy) is 3. The highest BCUT2D eigenvalue weighted by atomic mass is 16.8. The van der Waals surface area contributed by atoms with Crippen LogP contribution in [-0.2, 0) is 14.2 Å². The van der Waals surface area contributed by atoms with E-state index in [1.54, 1.807) is 13.0 Å². The van der Waals surface area contributed by atoms with Gasteiger partial charge < -0.3 is 14.2 Å². The van der Waals surface area contributed by atoms with Crippen molar-refractivity contribution in [3.8, 4) is 23.7 Å². The Bertz CT molecular complexity index is 463. The Kier molecular flexibility index (Phi) is 2.59. The van der Waals surface area contributed by atoms with E-state index in [0.717, 1.165) is 31.6 Å². The summed E-state index contributed by atoms with van der Waals surface area (Å²) in [7, 11) is 0. The molecular weight excluding hydrogens is 216 g/mol. The van der Waals surface area contributed by atoms with Crippen LogP contribution in [0.2, 0.25) is 0 Å². The monoisotopic (exact) mass is 230 g/mol. The Labute approximate surface area is 101 Å². The standard InChI is InChI=1S/C14H14O3/c1-2-3-4-5-8-11-12-13(16-12)14(17-11)9-6-7-10-15-14/h8,12-13H,6-7,9-10H2,1H3/t12-,13-,14-/m1/s1. The number of rotatable bonds is 0. The molecular formula is C14H14O3. The molecule has 3 nitrogen and oxygen atoms in total. The van der Waals surface area contributed by atoms with Crippen LogP contribution >= 0.6 is 0 Å². The quantitative estimate of drug-likeness (QED) is 0.468. The highest BCUT2D eigenvalue weighted by molar-refractivity contribution is 5.34. The zero-order valence-corrected chi connectivity index (χ0v) is 9.79. The molecule has 0 aromatic rings. The van der Waals surface area contributed by atoms with Crippen LogP contribution in [0.4, 0.5) is 0 Å². The molecule has 0 aromatic carbocycles. The summed E-state index contributed by atoms with van der Waals surface area (Å²) in [5, 5.41) is 0. The van der Waals surface area contributed by atoms with E-state index in [9.17, 15) is 0 Å². The second-order valence-electron chi connectivity index (χ2n) is 4.39. The lowest BCUT2D eigenvalue weighted by molar-refractivity contribution is -0.240. The molecule has 0 amide bonds. The maximum absolute atomic E-state index is 5.90. The first-order valence-corrected chi connectivity index (χ1v) is 5.96. The lowest BCUT2D eigenvalue weighted by atomic mass is 10.0. The van der Waals surface area contributed by atoms with Crippen molar-refractivity contribution in [2.45, 2.75) is 44.2 Å². The Morgan fingerprint density at radius 1 is 1.35 bits per heavy atom. The Morgan fingerprint density at radius 3 is 3.06 bits per heavy atom. The van der Waals surface area contributed by atoms with E-state index in [1.165, 1.54) is 0 Å². The third kappa shape index (κ3) is 1.82. The first-order chi connectivity index (χ1) is 8.36. The number of hydrogen-bond donors (Lipinski definition) is 0. The Hall–Kier alpha value is -1.42. The molecule has 1 spiro atoms. The van der Waals surface area contributed by atoms with Gasteiger partial charge >= 0.3 is 0 Å². The van der Waals surface area contributed by atoms with Crippen molar-refractivity contribution in [3.05, 3.63) is 11.8 Å². The zero-order chi connectivity index (χ0) is 11.7. The molecule has 0 aromatic heterocycles. The molecule has 88 valence electrons. The number of epoxide rings is 1. The van der Waals surface area contributed by atoms with Gasteiger partial charge in [0.25, 0.3) is 0 Å². The molecule has 0 N–H and O–H groups in total. The summed E-state index contributed by atoms with van der Waals surface area (Å²) in [6.45, 7) is 2.52. The van der Waals surface area contributed by atoms with E-state index in [2.05, 4.69) is 23.7 Å². The fourth-order valence-electron chi connectivity index (χ4n) is 2.39. The van der Waals surface area contributed by atoms with Gasteiger partial charge in [-0.1, -0.05) is 11.8 Å². The van der Waals surface area contributed by atoms with E-state index in [-0.39, 0.29) is 12.2 Å². The highest BCUT2D eigenvalue weighted by Crippen LogP contribution is 2.52. The molecule has 3 fully saturated rings. The third-order valence-corrected chi connectivity index (χ3v) is 3.24. The van der Waals surface area contributed by atoms with E-state index in [0.29, 0.717) is 0 Å². The predicted octanol–water partition coefficient (Wildman–Crippen LogP) is 1.59. The van der Waals surface area contributed by atoms with Crippen molar-refractivity contribution in [2.75, 3.05) is 6.61 Å². The SMILES string of the molecule is CC#CC#CC=C1O[C@]2(CCCCO2)[C@@H]2O[C@H]12. The first-order valence-electron chi connectivity index (χ1n) is 5.96. The van der Waals surface area contributed by atoms with Crippen LogP contribution in [0.3, 0.4) is 0 Å². The van der Waals surface area contributed by atoms with Crippen LogP contribution in [0.25, 0.3) is 0 Å². The molecule has 17 heavy (non-hydrogen) atoms. The van der Waals surface area contributed by atoms with Gasteiger partial charge in [0, 0.05) is 12.5 Å². The summed E-state index contributed by atoms with van der Waals surface area (Å²) >= 11 is 0. The van der Waals surface area contributed by atoms with Crippen LogP contribution in [0.1, 0.15) is 26.2 Å². The lowest BCUT2D eigenvalue weighted by Gasteiger charge is -2.33. The molecule has 3 saturated heterocycles. The van der Waals surface area contributed by atoms with Crippen LogP contribution in [0.15, 0.2) is 11.8 Å². The molecule has 0 saturated carbocycles. The van der Waals surface area contributed by atoms with E-state index >= 15 is 0 Å². The molecule has 3 aliphatic rings. The van der Waals surface area contributed by atoms with Gasteiger partial charge in [0.05, 0.1) is 6.61 Å². The molecule has 0 aliphatic carbocycles. The average Bonchev–Trinajstić information content (AvgIpc) is 3.10. The minimum Gasteiger partial charge on any atom is -0.460 e. The molecule has 3 heterocycles. The topological polar surface area (TPSA) is 31.0 Å². The second-order valence-corrected chi connectivity index (χ2v) is 4.39. The van der Waals surface area contributed by atoms with Crippen LogP contribution in [-0.4, -0.2) is 24.6 Å². The molecule has 0 radical (unpaired) electrons. The van der Waals surface area contributed by atoms with Gasteiger partial charge in [0.1, 0.15) is 11.9 Å². The number of allylic oxidation sites excluding steroid dienone is 1. The third-order valence-electron chi connectivity index (χ3n) is 3.24. The predicted molar refractivity (Wildman–Crippen MR) is 61.6 cm³/mol. The van der Waals surface area contributed by atoms with Gasteiger partial charge in [-0.2, -0.15) is 0 Å². The fourth-order valence-corrected chi connectivity index (χ4v) is 2.39. The lowest BCUT2D eigenvalue weighted by Crippen LogP contribution is -2.41. The summed E-state index contributed by atoms with van der Waals surface area (Å²) in [5.41, 5.74) is 0. The van der Waals surface area contributed by atoms with Gasteiger partial charge in [-0.25, -0.2) is 0 Å². The smallest absolute Gasteiger partial charge is 0.239 e. The van der Waals surface area contributed by atoms with Gasteiger partial charge in [-0.15, -0.1) is 0 Å². The summed E-state index contributed by atoms with van der Waals surface area (Å²) < 4.78 is 17.3. The van der Waals surface area contributed by atoms with E-state index in [1.807, 2.05) is 0 Å². The van der Waals surface area contributed by atoms with Gasteiger partial charge in [0.15, 0.2) is 6.10 Å². The van der Waals surface area contributed by atoms with Crippen LogP contribution in [0, 0.1) is 23.7 Å². The van der Waals surface area contributed by atoms with Crippen molar-refractivity contribution < 1.29 is 14.2 Å². The Balaban J connectivity index is 1.74. The molecule has 0 bridgehead atoms. The molecule has 3 heteroatoms. The Morgan fingerprint density at radius 2 is 2.29 bits per heavy atom.